The highest BCUT2D eigenvalue weighted by Gasteiger charge is 2.29. The zero-order valence-electron chi connectivity index (χ0n) is 31.6. The molecule has 0 amide bonds. The molecule has 0 fully saturated rings. The topological polar surface area (TPSA) is 0 Å². The highest BCUT2D eigenvalue weighted by molar-refractivity contribution is 6.48. The number of fused-ring (bicyclic) bond motifs is 13. The Bertz CT molecular complexity index is 4140. The molecule has 0 spiro atoms. The van der Waals surface area contributed by atoms with Crippen molar-refractivity contribution in [3.05, 3.63) is 182 Å². The molecule has 1 aliphatic carbocycles. The van der Waals surface area contributed by atoms with Gasteiger partial charge in [-0.05, 0) is 170 Å². The van der Waals surface area contributed by atoms with Gasteiger partial charge in [0.2, 0.25) is 0 Å². The molecule has 0 saturated carbocycles. The Labute approximate surface area is 337 Å². The van der Waals surface area contributed by atoms with Crippen LogP contribution in [0.2, 0.25) is 0 Å². The predicted octanol–water partition coefficient (Wildman–Crippen LogP) is 16.7. The van der Waals surface area contributed by atoms with Crippen molar-refractivity contribution in [2.24, 2.45) is 0 Å². The van der Waals surface area contributed by atoms with Crippen molar-refractivity contribution in [3.8, 4) is 44.5 Å². The SMILES string of the molecule is Fc1ccc2c(c1)-c1ccc3c4ccc5c6c(-c7ccccc7)c7c(cc8c9ccccc9c9cccc7c98)c(-c7ccccc7)c6c6ccc(c7ccc-2c1c73)c4c65. The van der Waals surface area contributed by atoms with Gasteiger partial charge in [0.1, 0.15) is 5.82 Å². The number of rotatable bonds is 2. The molecule has 268 valence electrons. The molecule has 0 N–H and O–H groups in total. The third-order valence-electron chi connectivity index (χ3n) is 14.1. The van der Waals surface area contributed by atoms with Gasteiger partial charge in [-0.2, -0.15) is 0 Å². The number of benzene rings is 12. The second-order valence-electron chi connectivity index (χ2n) is 16.7. The predicted molar refractivity (Wildman–Crippen MR) is 250 cm³/mol. The van der Waals surface area contributed by atoms with Crippen LogP contribution in [0.5, 0.6) is 0 Å². The highest BCUT2D eigenvalue weighted by atomic mass is 19.1. The van der Waals surface area contributed by atoms with Crippen molar-refractivity contribution in [1.29, 1.82) is 0 Å². The van der Waals surface area contributed by atoms with E-state index in [0.717, 1.165) is 16.7 Å². The first-order valence-corrected chi connectivity index (χ1v) is 20.5. The highest BCUT2D eigenvalue weighted by Crippen LogP contribution is 2.58. The van der Waals surface area contributed by atoms with Crippen molar-refractivity contribution in [1.82, 2.24) is 0 Å². The van der Waals surface area contributed by atoms with Crippen LogP contribution in [0, 0.1) is 5.82 Å². The average molecular weight is 745 g/mol. The van der Waals surface area contributed by atoms with Crippen LogP contribution >= 0.6 is 0 Å². The molecule has 0 atom stereocenters. The van der Waals surface area contributed by atoms with Crippen LogP contribution in [-0.4, -0.2) is 0 Å². The Balaban J connectivity index is 1.20. The molecule has 1 heteroatoms. The monoisotopic (exact) mass is 744 g/mol. The largest absolute Gasteiger partial charge is 0.207 e. The molecule has 0 radical (unpaired) electrons. The smallest absolute Gasteiger partial charge is 0.123 e. The van der Waals surface area contributed by atoms with Gasteiger partial charge in [0, 0.05) is 0 Å². The average Bonchev–Trinajstić information content (AvgIpc) is 3.92. The minimum absolute atomic E-state index is 0.196. The Morgan fingerprint density at radius 3 is 1.37 bits per heavy atom. The van der Waals surface area contributed by atoms with Crippen molar-refractivity contribution < 1.29 is 4.39 Å². The quantitative estimate of drug-likeness (QED) is 0.122. The van der Waals surface area contributed by atoms with Crippen LogP contribution in [0.1, 0.15) is 0 Å². The van der Waals surface area contributed by atoms with Gasteiger partial charge in [-0.15, -0.1) is 0 Å². The van der Waals surface area contributed by atoms with E-state index in [2.05, 4.69) is 158 Å². The minimum atomic E-state index is -0.196. The Kier molecular flexibility index (Phi) is 5.41. The molecule has 0 aliphatic heterocycles. The van der Waals surface area contributed by atoms with Gasteiger partial charge in [0.15, 0.2) is 0 Å². The van der Waals surface area contributed by atoms with Gasteiger partial charge in [0.05, 0.1) is 0 Å². The Hall–Kier alpha value is -7.61. The standard InChI is InChI=1S/C58H29F/c59-32-18-19-35-37-20-21-38-40-24-26-44-55-45(27-25-41(54(40)55)39-22-23-42(46(35)28-32)52(37)53(38)39)58-50(31-12-5-2-6-13-31)56-43-17-9-16-36-33-14-7-8-15-34(33)47(51(36)43)29-48(56)49(57(44)58)30-10-3-1-4-11-30/h1-29H. The Morgan fingerprint density at radius 1 is 0.220 bits per heavy atom. The van der Waals surface area contributed by atoms with Crippen molar-refractivity contribution >= 4 is 108 Å². The molecule has 0 saturated heterocycles. The fourth-order valence-corrected chi connectivity index (χ4v) is 11.9. The maximum absolute atomic E-state index is 14.7. The molecular weight excluding hydrogens is 716 g/mol. The van der Waals surface area contributed by atoms with E-state index >= 15 is 0 Å². The Morgan fingerprint density at radius 2 is 0.678 bits per heavy atom. The van der Waals surface area contributed by atoms with Crippen molar-refractivity contribution in [2.75, 3.05) is 0 Å². The molecule has 0 nitrogen and oxygen atoms in total. The second-order valence-corrected chi connectivity index (χ2v) is 16.7. The lowest BCUT2D eigenvalue weighted by Gasteiger charge is -2.19. The van der Waals surface area contributed by atoms with E-state index in [0.29, 0.717) is 0 Å². The number of halogens is 1. The molecule has 14 aromatic rings. The van der Waals surface area contributed by atoms with E-state index in [4.69, 9.17) is 0 Å². The summed E-state index contributed by atoms with van der Waals surface area (Å²) in [6.07, 6.45) is 0. The minimum Gasteiger partial charge on any atom is -0.207 e. The summed E-state index contributed by atoms with van der Waals surface area (Å²) in [5, 5.41) is 25.9. The lowest BCUT2D eigenvalue weighted by molar-refractivity contribution is 0.628. The van der Waals surface area contributed by atoms with E-state index in [1.165, 1.54) is 136 Å². The normalized spacial score (nSPS) is 12.8. The summed E-state index contributed by atoms with van der Waals surface area (Å²) in [5.41, 5.74) is 9.45. The van der Waals surface area contributed by atoms with Crippen LogP contribution in [0.4, 0.5) is 4.39 Å². The van der Waals surface area contributed by atoms with Gasteiger partial charge in [-0.1, -0.05) is 158 Å². The molecule has 0 heterocycles. The molecule has 59 heavy (non-hydrogen) atoms. The third kappa shape index (κ3) is 3.55. The fourth-order valence-electron chi connectivity index (χ4n) is 11.9. The lowest BCUT2D eigenvalue weighted by Crippen LogP contribution is -1.91. The van der Waals surface area contributed by atoms with Crippen LogP contribution in [-0.2, 0) is 0 Å². The van der Waals surface area contributed by atoms with Gasteiger partial charge < -0.3 is 0 Å². The second kappa shape index (κ2) is 10.5. The summed E-state index contributed by atoms with van der Waals surface area (Å²) in [5.74, 6) is -0.196. The van der Waals surface area contributed by atoms with E-state index in [1.54, 1.807) is 12.1 Å². The summed E-state index contributed by atoms with van der Waals surface area (Å²) in [6, 6.07) is 64.5. The molecule has 0 unspecified atom stereocenters. The summed E-state index contributed by atoms with van der Waals surface area (Å²) in [6.45, 7) is 0. The first-order valence-electron chi connectivity index (χ1n) is 20.5. The first kappa shape index (κ1) is 30.5. The van der Waals surface area contributed by atoms with Gasteiger partial charge in [-0.3, -0.25) is 0 Å². The first-order chi connectivity index (χ1) is 29.2. The zero-order chi connectivity index (χ0) is 38.2. The van der Waals surface area contributed by atoms with E-state index in [1.807, 2.05) is 6.07 Å². The number of hydrogen-bond acceptors (Lipinski definition) is 0. The molecule has 1 aliphatic rings. The summed E-state index contributed by atoms with van der Waals surface area (Å²) < 4.78 is 14.7. The van der Waals surface area contributed by atoms with Gasteiger partial charge in [-0.25, -0.2) is 4.39 Å². The third-order valence-corrected chi connectivity index (χ3v) is 14.1. The zero-order valence-corrected chi connectivity index (χ0v) is 31.6. The van der Waals surface area contributed by atoms with Crippen molar-refractivity contribution in [3.63, 3.8) is 0 Å². The van der Waals surface area contributed by atoms with Crippen LogP contribution in [0.15, 0.2) is 176 Å². The van der Waals surface area contributed by atoms with Crippen LogP contribution < -0.4 is 0 Å². The van der Waals surface area contributed by atoms with Crippen LogP contribution in [0.3, 0.4) is 0 Å². The maximum atomic E-state index is 14.7. The van der Waals surface area contributed by atoms with E-state index in [9.17, 15) is 4.39 Å². The van der Waals surface area contributed by atoms with Crippen LogP contribution in [0.25, 0.3) is 152 Å². The summed E-state index contributed by atoms with van der Waals surface area (Å²) in [7, 11) is 0. The summed E-state index contributed by atoms with van der Waals surface area (Å²) in [4.78, 5) is 0. The molecule has 14 aromatic carbocycles. The molecule has 15 rings (SSSR count). The van der Waals surface area contributed by atoms with Crippen molar-refractivity contribution in [2.45, 2.75) is 0 Å². The maximum Gasteiger partial charge on any atom is 0.123 e. The molecular formula is C58H29F. The van der Waals surface area contributed by atoms with Gasteiger partial charge >= 0.3 is 0 Å². The summed E-state index contributed by atoms with van der Waals surface area (Å²) >= 11 is 0. The van der Waals surface area contributed by atoms with E-state index in [-0.39, 0.29) is 5.82 Å². The lowest BCUT2D eigenvalue weighted by atomic mass is 9.84. The number of hydrogen-bond donors (Lipinski definition) is 0. The molecule has 0 aromatic heterocycles. The van der Waals surface area contributed by atoms with E-state index < -0.39 is 0 Å². The fraction of sp³-hybridized carbons (Fsp3) is 0. The molecule has 0 bridgehead atoms. The van der Waals surface area contributed by atoms with Gasteiger partial charge in [0.25, 0.3) is 0 Å².